The van der Waals surface area contributed by atoms with Gasteiger partial charge >= 0.3 is 0 Å². The molecule has 3 rings (SSSR count). The van der Waals surface area contributed by atoms with E-state index in [9.17, 15) is 25.2 Å². The second-order valence-electron chi connectivity index (χ2n) is 10.3. The van der Waals surface area contributed by atoms with Crippen LogP contribution in [0.2, 0.25) is 0 Å². The maximum atomic E-state index is 13.5. The van der Waals surface area contributed by atoms with Crippen molar-refractivity contribution in [1.82, 2.24) is 0 Å². The Morgan fingerprint density at radius 3 is 2.07 bits per heavy atom. The summed E-state index contributed by atoms with van der Waals surface area (Å²) in [5, 5.41) is 45.6. The van der Waals surface area contributed by atoms with Gasteiger partial charge in [-0.2, -0.15) is 0 Å². The van der Waals surface area contributed by atoms with E-state index in [-0.39, 0.29) is 50.5 Å². The second kappa shape index (κ2) is 6.82. The van der Waals surface area contributed by atoms with Gasteiger partial charge in [-0.15, -0.1) is 6.58 Å². The van der Waals surface area contributed by atoms with Crippen LogP contribution in [-0.4, -0.2) is 61.3 Å². The standard InChI is InChI=1S/C21H34O6.Ac/c1-8-17(4)11-13(23)21(26)18(5)12(22)9-10-16(2,3)19(18,6)14(24)15(25)20(21,7)27-17;/h8,12,14-15,22,24-26H,1,9-11H2,2-7H3;/t12-,14+,15-,17-,18-,19-,20+,21-;/m0./s1. The minimum atomic E-state index is -2.17. The minimum absolute atomic E-state index is 0. The molecule has 0 spiro atoms. The Balaban J connectivity index is 0.00000280. The number of carbonyl (C=O) groups is 1. The zero-order chi connectivity index (χ0) is 20.8. The number of aliphatic hydroxyl groups excluding tert-OH is 3. The van der Waals surface area contributed by atoms with E-state index in [1.165, 1.54) is 13.0 Å². The van der Waals surface area contributed by atoms with Gasteiger partial charge in [-0.1, -0.05) is 33.8 Å². The first-order valence-corrected chi connectivity index (χ1v) is 9.73. The number of aliphatic hydroxyl groups is 4. The number of rotatable bonds is 1. The Labute approximate surface area is 203 Å². The summed E-state index contributed by atoms with van der Waals surface area (Å²) in [6.07, 6.45) is -1.53. The molecule has 2 saturated carbocycles. The first-order valence-electron chi connectivity index (χ1n) is 9.73. The molecule has 1 heterocycles. The van der Waals surface area contributed by atoms with Crippen molar-refractivity contribution in [3.8, 4) is 0 Å². The van der Waals surface area contributed by atoms with Gasteiger partial charge in [0.05, 0.1) is 17.8 Å². The predicted octanol–water partition coefficient (Wildman–Crippen LogP) is 1.34. The normalized spacial score (nSPS) is 55.5. The first-order chi connectivity index (χ1) is 12.1. The van der Waals surface area contributed by atoms with Crippen LogP contribution in [0.15, 0.2) is 12.7 Å². The van der Waals surface area contributed by atoms with Crippen LogP contribution in [0, 0.1) is 60.3 Å². The molecule has 6 nitrogen and oxygen atoms in total. The van der Waals surface area contributed by atoms with Crippen molar-refractivity contribution in [2.45, 2.75) is 95.9 Å². The molecule has 4 N–H and O–H groups in total. The summed E-state index contributed by atoms with van der Waals surface area (Å²) in [7, 11) is 0. The SMILES string of the molecule is C=C[C@@]1(C)CC(=O)[C@]2(O)[C@@]3(C)[C@@H](O)CCC(C)(C)[C@]3(C)[C@H](O)[C@H](O)[C@@]2(C)O1.[Ac]. The maximum Gasteiger partial charge on any atom is 0.171 e. The summed E-state index contributed by atoms with van der Waals surface area (Å²) >= 11 is 0. The molecule has 1 radical (unpaired) electrons. The van der Waals surface area contributed by atoms with Crippen LogP contribution >= 0.6 is 0 Å². The Kier molecular flexibility index (Phi) is 6.07. The van der Waals surface area contributed by atoms with Crippen LogP contribution in [0.25, 0.3) is 0 Å². The maximum absolute atomic E-state index is 13.5. The van der Waals surface area contributed by atoms with Gasteiger partial charge in [0.1, 0.15) is 11.7 Å². The fraction of sp³-hybridized carbons (Fsp3) is 0.857. The molecule has 0 unspecified atom stereocenters. The monoisotopic (exact) mass is 609 g/mol. The zero-order valence-corrected chi connectivity index (χ0v) is 22.6. The van der Waals surface area contributed by atoms with Gasteiger partial charge < -0.3 is 25.2 Å². The van der Waals surface area contributed by atoms with E-state index in [0.29, 0.717) is 12.8 Å². The molecule has 1 aliphatic heterocycles. The van der Waals surface area contributed by atoms with Crippen molar-refractivity contribution in [1.29, 1.82) is 0 Å². The molecule has 28 heavy (non-hydrogen) atoms. The van der Waals surface area contributed by atoms with E-state index >= 15 is 0 Å². The Morgan fingerprint density at radius 1 is 1.04 bits per heavy atom. The van der Waals surface area contributed by atoms with Crippen LogP contribution in [0.5, 0.6) is 0 Å². The van der Waals surface area contributed by atoms with Crippen LogP contribution < -0.4 is 0 Å². The third-order valence-corrected chi connectivity index (χ3v) is 8.91. The number of ether oxygens (including phenoxy) is 1. The second-order valence-corrected chi connectivity index (χ2v) is 10.3. The molecule has 0 aromatic rings. The molecule has 7 heteroatoms. The number of fused-ring (bicyclic) bond motifs is 3. The van der Waals surface area contributed by atoms with E-state index in [0.717, 1.165) is 0 Å². The van der Waals surface area contributed by atoms with Crippen molar-refractivity contribution < 1.29 is 74.0 Å². The fourth-order valence-electron chi connectivity index (χ4n) is 6.55. The molecule has 2 aliphatic carbocycles. The summed E-state index contributed by atoms with van der Waals surface area (Å²) in [5.74, 6) is -0.505. The molecule has 0 aromatic carbocycles. The number of Topliss-reactive ketones (excluding diaryl/α,β-unsaturated/α-hetero) is 1. The van der Waals surface area contributed by atoms with Crippen molar-refractivity contribution in [2.24, 2.45) is 16.2 Å². The van der Waals surface area contributed by atoms with Crippen molar-refractivity contribution in [3.63, 3.8) is 0 Å². The molecule has 0 aromatic heterocycles. The van der Waals surface area contributed by atoms with Crippen LogP contribution in [0.4, 0.5) is 0 Å². The molecule has 0 amide bonds. The van der Waals surface area contributed by atoms with E-state index in [1.807, 2.05) is 13.8 Å². The van der Waals surface area contributed by atoms with Crippen molar-refractivity contribution in [2.75, 3.05) is 0 Å². The topological polar surface area (TPSA) is 107 Å². The van der Waals surface area contributed by atoms with Gasteiger partial charge in [-0.3, -0.25) is 4.79 Å². The van der Waals surface area contributed by atoms with Crippen molar-refractivity contribution >= 4 is 5.78 Å². The smallest absolute Gasteiger partial charge is 0.171 e. The van der Waals surface area contributed by atoms with Crippen LogP contribution in [-0.2, 0) is 9.53 Å². The van der Waals surface area contributed by atoms with E-state index in [4.69, 9.17) is 4.74 Å². The van der Waals surface area contributed by atoms with E-state index in [2.05, 4.69) is 6.58 Å². The molecule has 157 valence electrons. The molecular weight excluding hydrogens is 575 g/mol. The quantitative estimate of drug-likeness (QED) is 0.335. The zero-order valence-electron chi connectivity index (χ0n) is 17.8. The van der Waals surface area contributed by atoms with Crippen LogP contribution in [0.3, 0.4) is 0 Å². The molecule has 8 atom stereocenters. The van der Waals surface area contributed by atoms with Gasteiger partial charge in [0, 0.05) is 61.3 Å². The molecule has 3 fully saturated rings. The summed E-state index contributed by atoms with van der Waals surface area (Å²) in [6, 6.07) is 0. The summed E-state index contributed by atoms with van der Waals surface area (Å²) in [6.45, 7) is 14.2. The van der Waals surface area contributed by atoms with Crippen LogP contribution in [0.1, 0.15) is 60.8 Å². The number of ketones is 1. The van der Waals surface area contributed by atoms with E-state index in [1.54, 1.807) is 20.8 Å². The predicted molar refractivity (Wildman–Crippen MR) is 99.9 cm³/mol. The number of carbonyl (C=O) groups excluding carboxylic acids is 1. The first kappa shape index (κ1) is 24.9. The average Bonchev–Trinajstić information content (AvgIpc) is 2.59. The Bertz CT molecular complexity index is 696. The summed E-state index contributed by atoms with van der Waals surface area (Å²) in [4.78, 5) is 13.5. The molecule has 0 bridgehead atoms. The third kappa shape index (κ3) is 2.45. The molecule has 1 saturated heterocycles. The van der Waals surface area contributed by atoms with E-state index < -0.39 is 57.1 Å². The number of hydrogen-bond acceptors (Lipinski definition) is 6. The van der Waals surface area contributed by atoms with Gasteiger partial charge in [-0.05, 0) is 32.1 Å². The van der Waals surface area contributed by atoms with Gasteiger partial charge in [-0.25, -0.2) is 0 Å². The minimum Gasteiger partial charge on any atom is -0.392 e. The summed E-state index contributed by atoms with van der Waals surface area (Å²) in [5.41, 5.74) is -8.16. The molecular formula is C21H34AcO6. The molecule has 3 aliphatic rings. The largest absolute Gasteiger partial charge is 0.392 e. The third-order valence-electron chi connectivity index (χ3n) is 8.91. The van der Waals surface area contributed by atoms with Gasteiger partial charge in [0.2, 0.25) is 0 Å². The fourth-order valence-corrected chi connectivity index (χ4v) is 6.55. The van der Waals surface area contributed by atoms with Crippen molar-refractivity contribution in [3.05, 3.63) is 12.7 Å². The van der Waals surface area contributed by atoms with Gasteiger partial charge in [0.15, 0.2) is 11.4 Å². The Morgan fingerprint density at radius 2 is 1.57 bits per heavy atom. The Hall–Kier alpha value is 0.652. The summed E-state index contributed by atoms with van der Waals surface area (Å²) < 4.78 is 6.14. The van der Waals surface area contributed by atoms with Gasteiger partial charge in [0.25, 0.3) is 0 Å². The number of hydrogen-bond donors (Lipinski definition) is 4. The average molecular weight is 609 g/mol.